The molecule has 1 aromatic carbocycles. The van der Waals surface area contributed by atoms with E-state index in [1.165, 1.54) is 11.8 Å². The van der Waals surface area contributed by atoms with E-state index in [2.05, 4.69) is 53.5 Å². The molecule has 0 unspecified atom stereocenters. The molecule has 134 valence electrons. The lowest BCUT2D eigenvalue weighted by atomic mass is 9.87. The molecular formula is C19H26N4O2. The molecule has 0 aliphatic rings. The number of anilines is 2. The van der Waals surface area contributed by atoms with Gasteiger partial charge in [0.25, 0.3) is 5.91 Å². The number of methoxy groups -OCH3 is 1. The van der Waals surface area contributed by atoms with Gasteiger partial charge in [0.2, 0.25) is 0 Å². The lowest BCUT2D eigenvalue weighted by Gasteiger charge is -2.19. The molecule has 0 spiro atoms. The molecule has 6 nitrogen and oxygen atoms in total. The number of ether oxygens (including phenoxy) is 1. The van der Waals surface area contributed by atoms with Gasteiger partial charge in [0.1, 0.15) is 11.5 Å². The molecule has 1 amide bonds. The van der Waals surface area contributed by atoms with E-state index in [1.54, 1.807) is 13.3 Å². The van der Waals surface area contributed by atoms with Crippen LogP contribution in [0.1, 0.15) is 43.2 Å². The number of carbonyl (C=O) groups is 1. The van der Waals surface area contributed by atoms with Crippen molar-refractivity contribution in [2.75, 3.05) is 25.6 Å². The SMILES string of the molecule is COCCCNC(=O)c1cnc(Nc2ccc(C(C)(C)C)cc2)cn1. The summed E-state index contributed by atoms with van der Waals surface area (Å²) in [7, 11) is 1.63. The second kappa shape index (κ2) is 8.58. The molecule has 0 atom stereocenters. The zero-order valence-corrected chi connectivity index (χ0v) is 15.3. The van der Waals surface area contributed by atoms with Crippen molar-refractivity contribution >= 4 is 17.4 Å². The van der Waals surface area contributed by atoms with Crippen LogP contribution in [-0.4, -0.2) is 36.1 Å². The Kier molecular flexibility index (Phi) is 6.47. The summed E-state index contributed by atoms with van der Waals surface area (Å²) in [6.07, 6.45) is 3.79. The van der Waals surface area contributed by atoms with Gasteiger partial charge in [0.05, 0.1) is 12.4 Å². The van der Waals surface area contributed by atoms with Crippen LogP contribution in [0, 0.1) is 0 Å². The summed E-state index contributed by atoms with van der Waals surface area (Å²) < 4.78 is 4.94. The fraction of sp³-hybridized carbons (Fsp3) is 0.421. The van der Waals surface area contributed by atoms with Crippen LogP contribution >= 0.6 is 0 Å². The highest BCUT2D eigenvalue weighted by Crippen LogP contribution is 2.24. The standard InChI is InChI=1S/C19H26N4O2/c1-19(2,3)14-6-8-15(9-7-14)23-17-13-21-16(12-22-17)18(24)20-10-5-11-25-4/h6-9,12-13H,5,10-11H2,1-4H3,(H,20,24)(H,22,23). The summed E-state index contributed by atoms with van der Waals surface area (Å²) in [6.45, 7) is 7.71. The number of nitrogens with zero attached hydrogens (tertiary/aromatic N) is 2. The van der Waals surface area contributed by atoms with E-state index < -0.39 is 0 Å². The zero-order valence-electron chi connectivity index (χ0n) is 15.3. The van der Waals surface area contributed by atoms with Gasteiger partial charge in [-0.2, -0.15) is 0 Å². The van der Waals surface area contributed by atoms with E-state index in [-0.39, 0.29) is 11.3 Å². The molecule has 0 fully saturated rings. The number of nitrogens with one attached hydrogen (secondary N) is 2. The predicted molar refractivity (Wildman–Crippen MR) is 99.3 cm³/mol. The Morgan fingerprint density at radius 2 is 1.84 bits per heavy atom. The molecule has 2 rings (SSSR count). The minimum atomic E-state index is -0.232. The fourth-order valence-corrected chi connectivity index (χ4v) is 2.22. The molecule has 0 saturated carbocycles. The summed E-state index contributed by atoms with van der Waals surface area (Å²) >= 11 is 0. The summed E-state index contributed by atoms with van der Waals surface area (Å²) in [4.78, 5) is 20.3. The van der Waals surface area contributed by atoms with Crippen LogP contribution in [0.4, 0.5) is 11.5 Å². The second-order valence-corrected chi connectivity index (χ2v) is 6.84. The number of hydrogen-bond donors (Lipinski definition) is 2. The average Bonchev–Trinajstić information content (AvgIpc) is 2.59. The lowest BCUT2D eigenvalue weighted by Crippen LogP contribution is -2.26. The Labute approximate surface area is 149 Å². The first kappa shape index (κ1) is 18.9. The minimum Gasteiger partial charge on any atom is -0.385 e. The van der Waals surface area contributed by atoms with Gasteiger partial charge < -0.3 is 15.4 Å². The van der Waals surface area contributed by atoms with Crippen molar-refractivity contribution in [1.29, 1.82) is 0 Å². The molecular weight excluding hydrogens is 316 g/mol. The largest absolute Gasteiger partial charge is 0.385 e. The van der Waals surface area contributed by atoms with Crippen molar-refractivity contribution in [3.05, 3.63) is 47.9 Å². The summed E-state index contributed by atoms with van der Waals surface area (Å²) in [5.41, 5.74) is 2.62. The third kappa shape index (κ3) is 5.83. The third-order valence-electron chi connectivity index (χ3n) is 3.72. The highest BCUT2D eigenvalue weighted by atomic mass is 16.5. The normalized spacial score (nSPS) is 11.2. The van der Waals surface area contributed by atoms with E-state index in [0.29, 0.717) is 24.7 Å². The number of hydrogen-bond acceptors (Lipinski definition) is 5. The smallest absolute Gasteiger partial charge is 0.271 e. The van der Waals surface area contributed by atoms with Crippen molar-refractivity contribution in [3.8, 4) is 0 Å². The molecule has 0 aliphatic heterocycles. The number of benzene rings is 1. The van der Waals surface area contributed by atoms with E-state index >= 15 is 0 Å². The molecule has 1 heterocycles. The molecule has 0 radical (unpaired) electrons. The van der Waals surface area contributed by atoms with Gasteiger partial charge in [-0.15, -0.1) is 0 Å². The van der Waals surface area contributed by atoms with Crippen molar-refractivity contribution in [3.63, 3.8) is 0 Å². The Morgan fingerprint density at radius 1 is 1.12 bits per heavy atom. The Hall–Kier alpha value is -2.47. The van der Waals surface area contributed by atoms with E-state index in [9.17, 15) is 4.79 Å². The predicted octanol–water partition coefficient (Wildman–Crippen LogP) is 3.28. The molecule has 0 saturated heterocycles. The first-order valence-corrected chi connectivity index (χ1v) is 8.37. The minimum absolute atomic E-state index is 0.122. The van der Waals surface area contributed by atoms with Gasteiger partial charge in [-0.25, -0.2) is 9.97 Å². The van der Waals surface area contributed by atoms with Crippen molar-refractivity contribution < 1.29 is 9.53 Å². The third-order valence-corrected chi connectivity index (χ3v) is 3.72. The number of rotatable bonds is 7. The van der Waals surface area contributed by atoms with Gasteiger partial charge in [-0.1, -0.05) is 32.9 Å². The summed E-state index contributed by atoms with van der Waals surface area (Å²) in [5.74, 6) is 0.365. The quantitative estimate of drug-likeness (QED) is 0.755. The maximum absolute atomic E-state index is 11.9. The van der Waals surface area contributed by atoms with Crippen molar-refractivity contribution in [1.82, 2.24) is 15.3 Å². The first-order valence-electron chi connectivity index (χ1n) is 8.37. The first-order chi connectivity index (χ1) is 11.9. The molecule has 1 aromatic heterocycles. The van der Waals surface area contributed by atoms with Crippen LogP contribution in [0.3, 0.4) is 0 Å². The van der Waals surface area contributed by atoms with Gasteiger partial charge in [0, 0.05) is 25.9 Å². The fourth-order valence-electron chi connectivity index (χ4n) is 2.22. The number of amides is 1. The van der Waals surface area contributed by atoms with Gasteiger partial charge in [-0.05, 0) is 29.5 Å². The average molecular weight is 342 g/mol. The highest BCUT2D eigenvalue weighted by molar-refractivity contribution is 5.92. The van der Waals surface area contributed by atoms with Crippen LogP contribution in [0.2, 0.25) is 0 Å². The zero-order chi connectivity index (χ0) is 18.3. The van der Waals surface area contributed by atoms with E-state index in [4.69, 9.17) is 4.74 Å². The maximum Gasteiger partial charge on any atom is 0.271 e. The topological polar surface area (TPSA) is 76.1 Å². The lowest BCUT2D eigenvalue weighted by molar-refractivity contribution is 0.0943. The molecule has 2 N–H and O–H groups in total. The highest BCUT2D eigenvalue weighted by Gasteiger charge is 2.13. The van der Waals surface area contributed by atoms with Gasteiger partial charge in [0.15, 0.2) is 0 Å². The van der Waals surface area contributed by atoms with Gasteiger partial charge in [-0.3, -0.25) is 4.79 Å². The number of aromatic nitrogens is 2. The van der Waals surface area contributed by atoms with Crippen molar-refractivity contribution in [2.24, 2.45) is 0 Å². The van der Waals surface area contributed by atoms with Crippen LogP contribution in [-0.2, 0) is 10.2 Å². The second-order valence-electron chi connectivity index (χ2n) is 6.84. The Bertz CT molecular complexity index is 676. The van der Waals surface area contributed by atoms with Crippen LogP contribution in [0.15, 0.2) is 36.7 Å². The van der Waals surface area contributed by atoms with E-state index in [1.807, 2.05) is 12.1 Å². The monoisotopic (exact) mass is 342 g/mol. The van der Waals surface area contributed by atoms with E-state index in [0.717, 1.165) is 12.1 Å². The van der Waals surface area contributed by atoms with Crippen LogP contribution < -0.4 is 10.6 Å². The molecule has 2 aromatic rings. The molecule has 6 heteroatoms. The Morgan fingerprint density at radius 3 is 2.40 bits per heavy atom. The van der Waals surface area contributed by atoms with Crippen LogP contribution in [0.25, 0.3) is 0 Å². The van der Waals surface area contributed by atoms with Gasteiger partial charge >= 0.3 is 0 Å². The summed E-state index contributed by atoms with van der Waals surface area (Å²) in [6, 6.07) is 8.21. The van der Waals surface area contributed by atoms with Crippen molar-refractivity contribution in [2.45, 2.75) is 32.6 Å². The molecule has 0 aliphatic carbocycles. The maximum atomic E-state index is 11.9. The summed E-state index contributed by atoms with van der Waals surface area (Å²) in [5, 5.41) is 5.97. The molecule has 25 heavy (non-hydrogen) atoms. The Balaban J connectivity index is 1.92. The molecule has 0 bridgehead atoms. The van der Waals surface area contributed by atoms with Crippen LogP contribution in [0.5, 0.6) is 0 Å². The number of carbonyl (C=O) groups excluding carboxylic acids is 1.